The third kappa shape index (κ3) is 2.80. The number of hydrogen-bond donors (Lipinski definition) is 0. The van der Waals surface area contributed by atoms with Crippen LogP contribution < -0.4 is 5.56 Å². The molecule has 0 aliphatic heterocycles. The predicted octanol–water partition coefficient (Wildman–Crippen LogP) is 2.84. The Balaban J connectivity index is 2.86. The van der Waals surface area contributed by atoms with Crippen LogP contribution in [0.2, 0.25) is 10.2 Å². The van der Waals surface area contributed by atoms with Gasteiger partial charge in [0, 0.05) is 17.3 Å². The first-order chi connectivity index (χ1) is 9.45. The summed E-state index contributed by atoms with van der Waals surface area (Å²) in [5.74, 6) is 0. The monoisotopic (exact) mass is 330 g/mol. The van der Waals surface area contributed by atoms with Crippen molar-refractivity contribution >= 4 is 34.0 Å². The zero-order valence-corrected chi connectivity index (χ0v) is 13.2. The number of halogens is 2. The molecule has 0 amide bonds. The summed E-state index contributed by atoms with van der Waals surface area (Å²) < 4.78 is 13.1. The molecule has 0 aliphatic carbocycles. The van der Waals surface area contributed by atoms with Crippen molar-refractivity contribution in [2.45, 2.75) is 18.5 Å². The van der Waals surface area contributed by atoms with E-state index in [9.17, 15) is 9.00 Å². The summed E-state index contributed by atoms with van der Waals surface area (Å²) in [5.41, 5.74) is 0.999. The Bertz CT molecular complexity index is 744. The molecule has 0 saturated heterocycles. The van der Waals surface area contributed by atoms with Gasteiger partial charge >= 0.3 is 0 Å². The Hall–Kier alpha value is -1.17. The van der Waals surface area contributed by atoms with E-state index < -0.39 is 10.8 Å². The molecule has 1 aromatic carbocycles. The summed E-state index contributed by atoms with van der Waals surface area (Å²) >= 11 is 11.9. The van der Waals surface area contributed by atoms with Crippen molar-refractivity contribution < 1.29 is 4.21 Å². The van der Waals surface area contributed by atoms with Gasteiger partial charge in [0.2, 0.25) is 5.16 Å². The molecule has 0 bridgehead atoms. The van der Waals surface area contributed by atoms with Gasteiger partial charge < -0.3 is 0 Å². The smallest absolute Gasteiger partial charge is 0.260 e. The third-order valence-electron chi connectivity index (χ3n) is 2.80. The van der Waals surface area contributed by atoms with Crippen molar-refractivity contribution in [2.75, 3.05) is 6.26 Å². The van der Waals surface area contributed by atoms with E-state index in [-0.39, 0.29) is 15.9 Å². The number of aromatic nitrogens is 2. The molecule has 0 fully saturated rings. The van der Waals surface area contributed by atoms with Gasteiger partial charge in [-0.25, -0.2) is 4.98 Å². The van der Waals surface area contributed by atoms with Crippen LogP contribution in [0.15, 0.2) is 34.2 Å². The molecular weight excluding hydrogens is 319 g/mol. The molecule has 7 heteroatoms. The minimum Gasteiger partial charge on any atom is -0.269 e. The lowest BCUT2D eigenvalue weighted by Crippen LogP contribution is -2.24. The molecule has 0 radical (unpaired) electrons. The van der Waals surface area contributed by atoms with Crippen molar-refractivity contribution in [3.63, 3.8) is 0 Å². The second-order valence-corrected chi connectivity index (χ2v) is 6.15. The van der Waals surface area contributed by atoms with Crippen LogP contribution in [0.4, 0.5) is 0 Å². The molecule has 20 heavy (non-hydrogen) atoms. The minimum absolute atomic E-state index is 0.0246. The Kier molecular flexibility index (Phi) is 4.62. The fraction of sp³-hybridized carbons (Fsp3) is 0.231. The standard InChI is InChI=1S/C13H12Cl2N2O2S/c1-3-8-9(14)5-4-6-10(8)17-12(18)7-11(15)16-13(17)20(2)19/h4-7H,3H2,1-2H3. The van der Waals surface area contributed by atoms with Crippen molar-refractivity contribution in [3.8, 4) is 5.69 Å². The largest absolute Gasteiger partial charge is 0.269 e. The maximum absolute atomic E-state index is 12.2. The van der Waals surface area contributed by atoms with E-state index >= 15 is 0 Å². The van der Waals surface area contributed by atoms with Crippen LogP contribution in [0.3, 0.4) is 0 Å². The Morgan fingerprint density at radius 2 is 2.05 bits per heavy atom. The molecular formula is C13H12Cl2N2O2S. The fourth-order valence-electron chi connectivity index (χ4n) is 1.96. The first-order valence-electron chi connectivity index (χ1n) is 5.86. The van der Waals surface area contributed by atoms with Crippen molar-refractivity contribution in [1.82, 2.24) is 9.55 Å². The number of rotatable bonds is 3. The van der Waals surface area contributed by atoms with E-state index in [1.165, 1.54) is 16.9 Å². The molecule has 0 aliphatic rings. The van der Waals surface area contributed by atoms with Crippen LogP contribution in [-0.2, 0) is 17.2 Å². The first-order valence-corrected chi connectivity index (χ1v) is 8.18. The van der Waals surface area contributed by atoms with Gasteiger partial charge in [-0.15, -0.1) is 0 Å². The van der Waals surface area contributed by atoms with E-state index in [2.05, 4.69) is 4.98 Å². The zero-order valence-electron chi connectivity index (χ0n) is 10.9. The molecule has 1 atom stereocenters. The highest BCUT2D eigenvalue weighted by Gasteiger charge is 2.16. The van der Waals surface area contributed by atoms with Crippen LogP contribution in [0, 0.1) is 0 Å². The Labute approximate surface area is 128 Å². The lowest BCUT2D eigenvalue weighted by atomic mass is 10.1. The van der Waals surface area contributed by atoms with E-state index in [1.54, 1.807) is 18.2 Å². The molecule has 1 heterocycles. The molecule has 0 spiro atoms. The maximum atomic E-state index is 12.2. The highest BCUT2D eigenvalue weighted by Crippen LogP contribution is 2.24. The quantitative estimate of drug-likeness (QED) is 0.642. The zero-order chi connectivity index (χ0) is 14.9. The van der Waals surface area contributed by atoms with Gasteiger partial charge in [0.25, 0.3) is 5.56 Å². The van der Waals surface area contributed by atoms with E-state index in [0.29, 0.717) is 17.1 Å². The average Bonchev–Trinajstić information content (AvgIpc) is 2.37. The molecule has 2 aromatic rings. The predicted molar refractivity (Wildman–Crippen MR) is 81.6 cm³/mol. The summed E-state index contributed by atoms with van der Waals surface area (Å²) in [6.07, 6.45) is 2.09. The summed E-state index contributed by atoms with van der Waals surface area (Å²) in [5, 5.41) is 0.690. The molecule has 1 unspecified atom stereocenters. The first kappa shape index (κ1) is 15.2. The van der Waals surface area contributed by atoms with Crippen LogP contribution >= 0.6 is 23.2 Å². The normalized spacial score (nSPS) is 12.4. The van der Waals surface area contributed by atoms with Crippen molar-refractivity contribution in [3.05, 3.63) is 50.4 Å². The minimum atomic E-state index is -1.45. The molecule has 1 aromatic heterocycles. The Morgan fingerprint density at radius 1 is 1.35 bits per heavy atom. The van der Waals surface area contributed by atoms with Gasteiger partial charge in [0.15, 0.2) is 0 Å². The van der Waals surface area contributed by atoms with E-state index in [1.807, 2.05) is 6.92 Å². The van der Waals surface area contributed by atoms with Gasteiger partial charge in [0.1, 0.15) is 5.15 Å². The molecule has 0 N–H and O–H groups in total. The SMILES string of the molecule is CCc1c(Cl)cccc1-n1c(S(C)=O)nc(Cl)cc1=O. The number of hydrogen-bond acceptors (Lipinski definition) is 3. The topological polar surface area (TPSA) is 52.0 Å². The van der Waals surface area contributed by atoms with Crippen molar-refractivity contribution in [1.29, 1.82) is 0 Å². The molecule has 0 saturated carbocycles. The number of benzene rings is 1. The summed E-state index contributed by atoms with van der Waals surface area (Å²) in [6.45, 7) is 1.93. The fourth-order valence-corrected chi connectivity index (χ4v) is 3.15. The highest BCUT2D eigenvalue weighted by atomic mass is 35.5. The molecule has 2 rings (SSSR count). The van der Waals surface area contributed by atoms with E-state index in [0.717, 1.165) is 5.56 Å². The lowest BCUT2D eigenvalue weighted by Gasteiger charge is -2.14. The van der Waals surface area contributed by atoms with Gasteiger partial charge in [-0.3, -0.25) is 13.6 Å². The molecule has 4 nitrogen and oxygen atoms in total. The van der Waals surface area contributed by atoms with Gasteiger partial charge in [-0.2, -0.15) is 0 Å². The van der Waals surface area contributed by atoms with Crippen LogP contribution in [0.25, 0.3) is 5.69 Å². The maximum Gasteiger partial charge on any atom is 0.260 e. The van der Waals surface area contributed by atoms with Gasteiger partial charge in [0.05, 0.1) is 16.5 Å². The van der Waals surface area contributed by atoms with Gasteiger partial charge in [-0.05, 0) is 24.1 Å². The van der Waals surface area contributed by atoms with Crippen LogP contribution in [0.1, 0.15) is 12.5 Å². The van der Waals surface area contributed by atoms with Crippen molar-refractivity contribution in [2.24, 2.45) is 0 Å². The second kappa shape index (κ2) is 6.08. The van der Waals surface area contributed by atoms with Crippen LogP contribution in [0.5, 0.6) is 0 Å². The Morgan fingerprint density at radius 3 is 2.65 bits per heavy atom. The van der Waals surface area contributed by atoms with Gasteiger partial charge in [-0.1, -0.05) is 36.2 Å². The van der Waals surface area contributed by atoms with Crippen LogP contribution in [-0.4, -0.2) is 20.0 Å². The average molecular weight is 331 g/mol. The number of nitrogens with zero attached hydrogens (tertiary/aromatic N) is 2. The summed E-state index contributed by atoms with van der Waals surface area (Å²) in [6, 6.07) is 6.43. The summed E-state index contributed by atoms with van der Waals surface area (Å²) in [4.78, 5) is 16.2. The third-order valence-corrected chi connectivity index (χ3v) is 4.14. The second-order valence-electron chi connectivity index (χ2n) is 4.08. The highest BCUT2D eigenvalue weighted by molar-refractivity contribution is 7.84. The molecule has 106 valence electrons. The van der Waals surface area contributed by atoms with E-state index in [4.69, 9.17) is 23.2 Å². The summed E-state index contributed by atoms with van der Waals surface area (Å²) in [7, 11) is -1.45. The lowest BCUT2D eigenvalue weighted by molar-refractivity contribution is 0.668.